The van der Waals surface area contributed by atoms with Gasteiger partial charge in [0.05, 0.1) is 0 Å². The van der Waals surface area contributed by atoms with Crippen molar-refractivity contribution in [3.63, 3.8) is 0 Å². The number of aromatic nitrogens is 3. The van der Waals surface area contributed by atoms with Gasteiger partial charge in [-0.1, -0.05) is 12.1 Å². The molecule has 25 heavy (non-hydrogen) atoms. The van der Waals surface area contributed by atoms with E-state index in [1.807, 2.05) is 12.1 Å². The zero-order chi connectivity index (χ0) is 17.7. The zero-order valence-electron chi connectivity index (χ0n) is 12.9. The van der Waals surface area contributed by atoms with Crippen molar-refractivity contribution in [2.24, 2.45) is 0 Å². The molecule has 0 spiro atoms. The molecule has 3 aromatic rings. The highest BCUT2D eigenvalue weighted by Crippen LogP contribution is 2.25. The number of hydrogen-bond acceptors (Lipinski definition) is 5. The number of nitrogens with one attached hydrogen (secondary N) is 1. The second-order valence-corrected chi connectivity index (χ2v) is 5.03. The summed E-state index contributed by atoms with van der Waals surface area (Å²) in [7, 11) is 0. The fraction of sp³-hybridized carbons (Fsp3) is 0.118. The fourth-order valence-electron chi connectivity index (χ4n) is 2.18. The molecule has 1 aromatic carbocycles. The van der Waals surface area contributed by atoms with Crippen LogP contribution >= 0.6 is 0 Å². The van der Waals surface area contributed by atoms with Gasteiger partial charge in [-0.3, -0.25) is 9.97 Å². The van der Waals surface area contributed by atoms with Crippen molar-refractivity contribution >= 4 is 5.82 Å². The number of pyridine rings is 1. The van der Waals surface area contributed by atoms with E-state index in [1.165, 1.54) is 12.1 Å². The summed E-state index contributed by atoms with van der Waals surface area (Å²) >= 11 is 0. The molecule has 0 bridgehead atoms. The minimum absolute atomic E-state index is 0.256. The average Bonchev–Trinajstić information content (AvgIpc) is 2.61. The minimum Gasteiger partial charge on any atom is -0.406 e. The van der Waals surface area contributed by atoms with Gasteiger partial charge in [-0.25, -0.2) is 4.98 Å². The Morgan fingerprint density at radius 3 is 2.24 bits per heavy atom. The molecule has 0 aliphatic heterocycles. The first-order valence-corrected chi connectivity index (χ1v) is 7.31. The van der Waals surface area contributed by atoms with Crippen LogP contribution in [0.15, 0.2) is 61.2 Å². The summed E-state index contributed by atoms with van der Waals surface area (Å²) in [5.41, 5.74) is 2.31. The van der Waals surface area contributed by atoms with Crippen LogP contribution in [0.5, 0.6) is 5.75 Å². The molecule has 0 saturated heterocycles. The van der Waals surface area contributed by atoms with Crippen molar-refractivity contribution < 1.29 is 17.9 Å². The molecule has 0 saturated carbocycles. The van der Waals surface area contributed by atoms with Gasteiger partial charge in [0.1, 0.15) is 11.4 Å². The first-order valence-electron chi connectivity index (χ1n) is 7.31. The third-order valence-electron chi connectivity index (χ3n) is 3.27. The fourth-order valence-corrected chi connectivity index (χ4v) is 2.18. The standard InChI is InChI=1S/C17H13F3N4O/c18-17(19,20)25-14-3-1-12(2-4-14)11-24-16-15(22-9-10-23-16)13-5-7-21-8-6-13/h1-10H,11H2,(H,23,24). The number of nitrogens with zero attached hydrogens (tertiary/aromatic N) is 3. The summed E-state index contributed by atoms with van der Waals surface area (Å²) in [6.45, 7) is 0.378. The highest BCUT2D eigenvalue weighted by atomic mass is 19.4. The predicted octanol–water partition coefficient (Wildman–Crippen LogP) is 4.05. The van der Waals surface area contributed by atoms with E-state index in [1.54, 1.807) is 36.9 Å². The normalized spacial score (nSPS) is 11.2. The topological polar surface area (TPSA) is 59.9 Å². The SMILES string of the molecule is FC(F)(F)Oc1ccc(CNc2nccnc2-c2ccncc2)cc1. The van der Waals surface area contributed by atoms with Crippen molar-refractivity contribution in [3.05, 3.63) is 66.7 Å². The molecule has 0 aliphatic carbocycles. The Hall–Kier alpha value is -3.16. The molecule has 1 N–H and O–H groups in total. The molecule has 0 radical (unpaired) electrons. The molecule has 128 valence electrons. The lowest BCUT2D eigenvalue weighted by Crippen LogP contribution is -2.17. The molecule has 0 atom stereocenters. The Bertz CT molecular complexity index is 823. The van der Waals surface area contributed by atoms with E-state index >= 15 is 0 Å². The second kappa shape index (κ2) is 7.16. The minimum atomic E-state index is -4.70. The van der Waals surface area contributed by atoms with Crippen LogP contribution in [0, 0.1) is 0 Å². The van der Waals surface area contributed by atoms with Crippen molar-refractivity contribution in [1.29, 1.82) is 0 Å². The summed E-state index contributed by atoms with van der Waals surface area (Å²) in [6, 6.07) is 9.28. The lowest BCUT2D eigenvalue weighted by molar-refractivity contribution is -0.274. The van der Waals surface area contributed by atoms with Crippen molar-refractivity contribution in [1.82, 2.24) is 15.0 Å². The highest BCUT2D eigenvalue weighted by Gasteiger charge is 2.30. The number of halogens is 3. The smallest absolute Gasteiger partial charge is 0.406 e. The molecule has 5 nitrogen and oxygen atoms in total. The van der Waals surface area contributed by atoms with Crippen LogP contribution in [0.1, 0.15) is 5.56 Å². The summed E-state index contributed by atoms with van der Waals surface area (Å²) < 4.78 is 40.3. The zero-order valence-corrected chi connectivity index (χ0v) is 12.9. The van der Waals surface area contributed by atoms with E-state index in [0.717, 1.165) is 11.1 Å². The van der Waals surface area contributed by atoms with Crippen LogP contribution in [0.2, 0.25) is 0 Å². The van der Waals surface area contributed by atoms with Crippen molar-refractivity contribution in [3.8, 4) is 17.0 Å². The maximum absolute atomic E-state index is 12.2. The first kappa shape index (κ1) is 16.7. The molecule has 8 heteroatoms. The summed E-state index contributed by atoms with van der Waals surface area (Å²) in [6.07, 6.45) is 1.77. The van der Waals surface area contributed by atoms with Gasteiger partial charge in [0.15, 0.2) is 5.82 Å². The summed E-state index contributed by atoms with van der Waals surface area (Å²) in [5, 5.41) is 3.14. The van der Waals surface area contributed by atoms with Crippen LogP contribution in [0.25, 0.3) is 11.3 Å². The van der Waals surface area contributed by atoms with E-state index < -0.39 is 6.36 Å². The van der Waals surface area contributed by atoms with Gasteiger partial charge in [-0.2, -0.15) is 0 Å². The van der Waals surface area contributed by atoms with Crippen LogP contribution in [0.4, 0.5) is 19.0 Å². The third-order valence-corrected chi connectivity index (χ3v) is 3.27. The van der Waals surface area contributed by atoms with E-state index in [0.29, 0.717) is 18.1 Å². The van der Waals surface area contributed by atoms with Crippen LogP contribution in [-0.2, 0) is 6.54 Å². The number of benzene rings is 1. The molecule has 3 rings (SSSR count). The molecule has 0 unspecified atom stereocenters. The van der Waals surface area contributed by atoms with E-state index in [2.05, 4.69) is 25.0 Å². The van der Waals surface area contributed by atoms with Gasteiger partial charge in [0, 0.05) is 36.9 Å². The Kier molecular flexibility index (Phi) is 4.78. The van der Waals surface area contributed by atoms with Crippen LogP contribution in [-0.4, -0.2) is 21.3 Å². The highest BCUT2D eigenvalue weighted by molar-refractivity contribution is 5.70. The Morgan fingerprint density at radius 1 is 0.880 bits per heavy atom. The first-order chi connectivity index (χ1) is 12.0. The average molecular weight is 346 g/mol. The van der Waals surface area contributed by atoms with Gasteiger partial charge in [0.2, 0.25) is 0 Å². The van der Waals surface area contributed by atoms with Crippen molar-refractivity contribution in [2.75, 3.05) is 5.32 Å². The Morgan fingerprint density at radius 2 is 1.56 bits per heavy atom. The lowest BCUT2D eigenvalue weighted by Gasteiger charge is -2.11. The predicted molar refractivity (Wildman–Crippen MR) is 85.7 cm³/mol. The maximum Gasteiger partial charge on any atom is 0.573 e. The van der Waals surface area contributed by atoms with E-state index in [4.69, 9.17) is 0 Å². The second-order valence-electron chi connectivity index (χ2n) is 5.03. The van der Waals surface area contributed by atoms with E-state index in [9.17, 15) is 13.2 Å². The van der Waals surface area contributed by atoms with Gasteiger partial charge < -0.3 is 10.1 Å². The summed E-state index contributed by atoms with van der Waals surface area (Å²) in [4.78, 5) is 12.6. The molecule has 0 amide bonds. The number of rotatable bonds is 5. The van der Waals surface area contributed by atoms with Gasteiger partial charge in [0.25, 0.3) is 0 Å². The lowest BCUT2D eigenvalue weighted by atomic mass is 10.2. The Labute approximate surface area is 141 Å². The van der Waals surface area contributed by atoms with Crippen LogP contribution in [0.3, 0.4) is 0 Å². The summed E-state index contributed by atoms with van der Waals surface area (Å²) in [5.74, 6) is 0.317. The number of alkyl halides is 3. The van der Waals surface area contributed by atoms with Crippen molar-refractivity contribution in [2.45, 2.75) is 12.9 Å². The quantitative estimate of drug-likeness (QED) is 0.755. The molecule has 0 aliphatic rings. The molecule has 2 heterocycles. The van der Waals surface area contributed by atoms with Gasteiger partial charge >= 0.3 is 6.36 Å². The molecule has 2 aromatic heterocycles. The number of ether oxygens (including phenoxy) is 1. The number of hydrogen-bond donors (Lipinski definition) is 1. The third kappa shape index (κ3) is 4.66. The van der Waals surface area contributed by atoms with E-state index in [-0.39, 0.29) is 5.75 Å². The molecular formula is C17H13F3N4O. The van der Waals surface area contributed by atoms with Gasteiger partial charge in [-0.15, -0.1) is 13.2 Å². The number of anilines is 1. The monoisotopic (exact) mass is 346 g/mol. The molecule has 0 fully saturated rings. The Balaban J connectivity index is 1.70. The van der Waals surface area contributed by atoms with Gasteiger partial charge in [-0.05, 0) is 29.8 Å². The largest absolute Gasteiger partial charge is 0.573 e. The maximum atomic E-state index is 12.2. The molecular weight excluding hydrogens is 333 g/mol. The van der Waals surface area contributed by atoms with Crippen LogP contribution < -0.4 is 10.1 Å².